The Morgan fingerprint density at radius 2 is 1.93 bits per heavy atom. The molecule has 2 aromatic rings. The molecule has 148 valence electrons. The number of aliphatic hydroxyl groups excluding tert-OH is 1. The summed E-state index contributed by atoms with van der Waals surface area (Å²) < 4.78 is 34.0. The molecule has 0 amide bonds. The number of hydrogen-bond donors (Lipinski definition) is 1. The van der Waals surface area contributed by atoms with E-state index in [1.54, 1.807) is 24.4 Å². The first-order valence-corrected chi connectivity index (χ1v) is 10.6. The summed E-state index contributed by atoms with van der Waals surface area (Å²) in [6.45, 7) is 2.72. The minimum Gasteiger partial charge on any atom is -0.494 e. The van der Waals surface area contributed by atoms with Crippen molar-refractivity contribution in [3.63, 3.8) is 0 Å². The summed E-state index contributed by atoms with van der Waals surface area (Å²) in [7, 11) is -3.74. The third kappa shape index (κ3) is 4.58. The fraction of sp³-hybridized carbons (Fsp3) is 0.300. The summed E-state index contributed by atoms with van der Waals surface area (Å²) in [5.41, 5.74) is 1.30. The highest BCUT2D eigenvalue weighted by Crippen LogP contribution is 2.27. The Bertz CT molecular complexity index is 969. The molecule has 0 saturated carbocycles. The van der Waals surface area contributed by atoms with E-state index in [2.05, 4.69) is 16.4 Å². The van der Waals surface area contributed by atoms with Crippen molar-refractivity contribution in [2.45, 2.75) is 24.7 Å². The van der Waals surface area contributed by atoms with E-state index in [0.717, 1.165) is 24.2 Å². The molecule has 8 heteroatoms. The van der Waals surface area contributed by atoms with Crippen molar-refractivity contribution in [2.24, 2.45) is 9.50 Å². The molecule has 0 fully saturated rings. The van der Waals surface area contributed by atoms with Gasteiger partial charge in [-0.25, -0.2) is 5.01 Å². The van der Waals surface area contributed by atoms with Gasteiger partial charge in [-0.3, -0.25) is 0 Å². The molecule has 0 bridgehead atoms. The van der Waals surface area contributed by atoms with Crippen LogP contribution in [0.15, 0.2) is 62.9 Å². The number of fused-ring (bicyclic) bond motifs is 1. The van der Waals surface area contributed by atoms with Crippen molar-refractivity contribution in [1.82, 2.24) is 5.01 Å². The highest BCUT2D eigenvalue weighted by atomic mass is 32.2. The third-order valence-corrected chi connectivity index (χ3v) is 5.49. The van der Waals surface area contributed by atoms with E-state index < -0.39 is 10.0 Å². The van der Waals surface area contributed by atoms with Gasteiger partial charge in [0.1, 0.15) is 10.6 Å². The fourth-order valence-corrected chi connectivity index (χ4v) is 3.91. The molecular formula is C20H23N3O4S. The molecule has 0 aromatic heterocycles. The van der Waals surface area contributed by atoms with Crippen LogP contribution in [0.5, 0.6) is 5.75 Å². The number of unbranched alkanes of at least 4 members (excludes halogenated alkanes) is 1. The lowest BCUT2D eigenvalue weighted by atomic mass is 10.2. The van der Waals surface area contributed by atoms with E-state index in [-0.39, 0.29) is 23.9 Å². The van der Waals surface area contributed by atoms with Crippen LogP contribution in [0.3, 0.4) is 0 Å². The van der Waals surface area contributed by atoms with Crippen LogP contribution < -0.4 is 4.74 Å². The molecule has 1 aliphatic heterocycles. The van der Waals surface area contributed by atoms with E-state index in [1.165, 1.54) is 11.1 Å². The quantitative estimate of drug-likeness (QED) is 0.417. The van der Waals surface area contributed by atoms with Gasteiger partial charge in [-0.15, -0.1) is 4.40 Å². The summed E-state index contributed by atoms with van der Waals surface area (Å²) in [4.78, 5) is 0.150. The number of hydrogen-bond acceptors (Lipinski definition) is 6. The van der Waals surface area contributed by atoms with Crippen molar-refractivity contribution < 1.29 is 18.3 Å². The van der Waals surface area contributed by atoms with Gasteiger partial charge in [-0.05, 0) is 48.4 Å². The monoisotopic (exact) mass is 401 g/mol. The Labute approximate surface area is 165 Å². The van der Waals surface area contributed by atoms with E-state index in [0.29, 0.717) is 12.2 Å². The second-order valence-electron chi connectivity index (χ2n) is 6.25. The first-order chi connectivity index (χ1) is 13.5. The molecule has 2 aromatic carbocycles. The van der Waals surface area contributed by atoms with Crippen LogP contribution in [0, 0.1) is 0 Å². The van der Waals surface area contributed by atoms with Crippen LogP contribution in [0.1, 0.15) is 30.9 Å². The lowest BCUT2D eigenvalue weighted by Gasteiger charge is -2.17. The molecule has 0 atom stereocenters. The largest absolute Gasteiger partial charge is 0.494 e. The molecule has 0 aliphatic carbocycles. The number of nitrogens with zero attached hydrogens (tertiary/aromatic N) is 3. The van der Waals surface area contributed by atoms with E-state index in [1.807, 2.05) is 24.3 Å². The number of rotatable bonds is 8. The van der Waals surface area contributed by atoms with Crippen LogP contribution in [0.2, 0.25) is 0 Å². The molecule has 0 unspecified atom stereocenters. The van der Waals surface area contributed by atoms with Crippen LogP contribution in [0.4, 0.5) is 0 Å². The van der Waals surface area contributed by atoms with Crippen molar-refractivity contribution >= 4 is 22.1 Å². The van der Waals surface area contributed by atoms with Crippen molar-refractivity contribution in [3.05, 3.63) is 59.7 Å². The molecule has 1 aliphatic rings. The van der Waals surface area contributed by atoms with Gasteiger partial charge in [0.2, 0.25) is 0 Å². The summed E-state index contributed by atoms with van der Waals surface area (Å²) in [5, 5.41) is 15.1. The number of amidine groups is 1. The standard InChI is InChI=1S/C20H23N3O4S/c1-2-3-14-27-17-10-8-16(9-11-17)15-21-23(12-13-24)20-18-6-4-5-7-19(18)28(25,26)22-20/h4-11,15,24H,2-3,12-14H2,1H3/b21-15-. The van der Waals surface area contributed by atoms with Gasteiger partial charge < -0.3 is 9.84 Å². The summed E-state index contributed by atoms with van der Waals surface area (Å²) in [6.07, 6.45) is 3.68. The lowest BCUT2D eigenvalue weighted by Crippen LogP contribution is -2.28. The Morgan fingerprint density at radius 3 is 2.64 bits per heavy atom. The predicted molar refractivity (Wildman–Crippen MR) is 108 cm³/mol. The zero-order chi connectivity index (χ0) is 20.0. The molecule has 28 heavy (non-hydrogen) atoms. The van der Waals surface area contributed by atoms with Gasteiger partial charge in [0.05, 0.1) is 26.0 Å². The van der Waals surface area contributed by atoms with Gasteiger partial charge in [0.25, 0.3) is 10.0 Å². The molecule has 7 nitrogen and oxygen atoms in total. The SMILES string of the molecule is CCCCOc1ccc(/C=N\N(CCO)C2=NS(=O)(=O)c3ccccc32)cc1. The summed E-state index contributed by atoms with van der Waals surface area (Å²) in [6, 6.07) is 14.0. The second-order valence-corrected chi connectivity index (χ2v) is 7.82. The number of ether oxygens (including phenoxy) is 1. The van der Waals surface area contributed by atoms with Gasteiger partial charge in [-0.1, -0.05) is 25.5 Å². The topological polar surface area (TPSA) is 91.6 Å². The molecule has 0 spiro atoms. The van der Waals surface area contributed by atoms with Crippen LogP contribution in [-0.2, 0) is 10.0 Å². The zero-order valence-electron chi connectivity index (χ0n) is 15.7. The average Bonchev–Trinajstić information content (AvgIpc) is 2.98. The number of benzene rings is 2. The van der Waals surface area contributed by atoms with Gasteiger partial charge in [-0.2, -0.15) is 13.5 Å². The summed E-state index contributed by atoms with van der Waals surface area (Å²) in [5.74, 6) is 0.999. The van der Waals surface area contributed by atoms with E-state index in [4.69, 9.17) is 4.74 Å². The maximum Gasteiger partial charge on any atom is 0.285 e. The van der Waals surface area contributed by atoms with Crippen LogP contribution >= 0.6 is 0 Å². The predicted octanol–water partition coefficient (Wildman–Crippen LogP) is 2.64. The minimum atomic E-state index is -3.74. The third-order valence-electron chi connectivity index (χ3n) is 4.16. The maximum atomic E-state index is 12.2. The Kier molecular flexibility index (Phi) is 6.43. The van der Waals surface area contributed by atoms with Crippen molar-refractivity contribution in [2.75, 3.05) is 19.8 Å². The van der Waals surface area contributed by atoms with Crippen molar-refractivity contribution in [3.8, 4) is 5.75 Å². The smallest absolute Gasteiger partial charge is 0.285 e. The lowest BCUT2D eigenvalue weighted by molar-refractivity contribution is 0.254. The number of aliphatic hydroxyl groups is 1. The highest BCUT2D eigenvalue weighted by molar-refractivity contribution is 7.90. The average molecular weight is 401 g/mol. The molecular weight excluding hydrogens is 378 g/mol. The maximum absolute atomic E-state index is 12.2. The Balaban J connectivity index is 1.79. The molecule has 0 radical (unpaired) electrons. The first-order valence-electron chi connectivity index (χ1n) is 9.15. The van der Waals surface area contributed by atoms with E-state index in [9.17, 15) is 13.5 Å². The highest BCUT2D eigenvalue weighted by Gasteiger charge is 2.31. The Morgan fingerprint density at radius 1 is 1.18 bits per heavy atom. The normalized spacial score (nSPS) is 14.7. The molecule has 1 heterocycles. The number of hydrazone groups is 1. The zero-order valence-corrected chi connectivity index (χ0v) is 16.5. The molecule has 3 rings (SSSR count). The van der Waals surface area contributed by atoms with E-state index >= 15 is 0 Å². The van der Waals surface area contributed by atoms with Crippen LogP contribution in [-0.4, -0.2) is 50.3 Å². The molecule has 1 N–H and O–H groups in total. The second kappa shape index (κ2) is 8.99. The van der Waals surface area contributed by atoms with Crippen molar-refractivity contribution in [1.29, 1.82) is 0 Å². The van der Waals surface area contributed by atoms with Gasteiger partial charge in [0, 0.05) is 5.56 Å². The number of sulfonamides is 1. The fourth-order valence-electron chi connectivity index (χ4n) is 2.71. The van der Waals surface area contributed by atoms with Gasteiger partial charge >= 0.3 is 0 Å². The molecule has 0 saturated heterocycles. The first kappa shape index (κ1) is 20.0. The summed E-state index contributed by atoms with van der Waals surface area (Å²) >= 11 is 0. The van der Waals surface area contributed by atoms with Crippen LogP contribution in [0.25, 0.3) is 0 Å². The van der Waals surface area contributed by atoms with Gasteiger partial charge in [0.15, 0.2) is 5.84 Å². The Hall–Kier alpha value is -2.71. The minimum absolute atomic E-state index is 0.122.